The van der Waals surface area contributed by atoms with E-state index in [-0.39, 0.29) is 40.1 Å². The Hall–Kier alpha value is -2.60. The van der Waals surface area contributed by atoms with Crippen LogP contribution in [-0.4, -0.2) is 40.7 Å². The maximum atomic E-state index is 13.3. The van der Waals surface area contributed by atoms with Crippen LogP contribution in [-0.2, 0) is 16.6 Å². The van der Waals surface area contributed by atoms with Gasteiger partial charge in [0.15, 0.2) is 11.5 Å². The molecule has 0 atom stereocenters. The summed E-state index contributed by atoms with van der Waals surface area (Å²) < 4.78 is 38.0. The molecule has 0 unspecified atom stereocenters. The van der Waals surface area contributed by atoms with Gasteiger partial charge in [-0.05, 0) is 24.3 Å². The second-order valence-corrected chi connectivity index (χ2v) is 7.83. The van der Waals surface area contributed by atoms with Gasteiger partial charge >= 0.3 is 0 Å². The zero-order valence-corrected chi connectivity index (χ0v) is 15.4. The monoisotopic (exact) mass is 412 g/mol. The van der Waals surface area contributed by atoms with Gasteiger partial charge in [0.25, 0.3) is 0 Å². The predicted molar refractivity (Wildman–Crippen MR) is 98.1 cm³/mol. The molecule has 0 bridgehead atoms. The van der Waals surface area contributed by atoms with Crippen LogP contribution in [0.2, 0.25) is 5.02 Å². The third kappa shape index (κ3) is 4.22. The molecule has 3 rings (SSSR count). The number of nitrogens with zero attached hydrogens (tertiary/aromatic N) is 3. The van der Waals surface area contributed by atoms with E-state index in [0.29, 0.717) is 10.6 Å². The first-order valence-corrected chi connectivity index (χ1v) is 9.74. The Balaban J connectivity index is 1.94. The second kappa shape index (κ2) is 7.19. The number of benzene rings is 1. The number of sulfonamides is 1. The number of fused-ring (bicyclic) bond motifs is 1. The molecule has 4 N–H and O–H groups in total. The highest BCUT2D eigenvalue weighted by Crippen LogP contribution is 2.24. The zero-order chi connectivity index (χ0) is 19.8. The Morgan fingerprint density at radius 3 is 2.85 bits per heavy atom. The number of halogens is 2. The maximum Gasteiger partial charge on any atom is 0.209 e. The maximum absolute atomic E-state index is 13.3. The topological polar surface area (TPSA) is 135 Å². The van der Waals surface area contributed by atoms with Crippen molar-refractivity contribution in [2.75, 3.05) is 11.3 Å². The van der Waals surface area contributed by atoms with Gasteiger partial charge in [0.1, 0.15) is 11.6 Å². The van der Waals surface area contributed by atoms with E-state index >= 15 is 0 Å². The lowest BCUT2D eigenvalue weighted by Crippen LogP contribution is -2.27. The highest BCUT2D eigenvalue weighted by atomic mass is 35.5. The number of rotatable bonds is 5. The van der Waals surface area contributed by atoms with E-state index in [9.17, 15) is 18.0 Å². The molecule has 2 aromatic heterocycles. The number of amidine groups is 1. The van der Waals surface area contributed by atoms with Crippen molar-refractivity contribution in [1.29, 1.82) is 5.41 Å². The van der Waals surface area contributed by atoms with Crippen molar-refractivity contribution in [3.63, 3.8) is 0 Å². The Labute approximate surface area is 158 Å². The van der Waals surface area contributed by atoms with Crippen molar-refractivity contribution in [3.05, 3.63) is 52.7 Å². The van der Waals surface area contributed by atoms with Gasteiger partial charge in [-0.2, -0.15) is 0 Å². The fourth-order valence-corrected chi connectivity index (χ4v) is 2.87. The fourth-order valence-electron chi connectivity index (χ4n) is 2.30. The van der Waals surface area contributed by atoms with Gasteiger partial charge in [-0.1, -0.05) is 11.6 Å². The van der Waals surface area contributed by atoms with Crippen LogP contribution in [0, 0.1) is 11.2 Å². The van der Waals surface area contributed by atoms with E-state index in [1.165, 1.54) is 24.4 Å². The van der Waals surface area contributed by atoms with E-state index in [4.69, 9.17) is 17.0 Å². The van der Waals surface area contributed by atoms with Gasteiger partial charge in [-0.3, -0.25) is 10.6 Å². The molecule has 0 saturated heterocycles. The smallest absolute Gasteiger partial charge is 0.209 e. The van der Waals surface area contributed by atoms with Crippen molar-refractivity contribution in [3.8, 4) is 0 Å². The molecule has 0 aliphatic heterocycles. The summed E-state index contributed by atoms with van der Waals surface area (Å²) in [6, 6.07) is 4.99. The van der Waals surface area contributed by atoms with Crippen LogP contribution in [0.1, 0.15) is 11.4 Å². The van der Waals surface area contributed by atoms with Crippen LogP contribution in [0.5, 0.6) is 0 Å². The third-order valence-corrected chi connectivity index (χ3v) is 4.52. The number of hydrogen-bond acceptors (Lipinski definition) is 6. The lowest BCUT2D eigenvalue weighted by atomic mass is 10.2. The number of hydrogen-bond donors (Lipinski definition) is 4. The number of anilines is 1. The Bertz CT molecular complexity index is 1130. The molecule has 0 radical (unpaired) electrons. The highest BCUT2D eigenvalue weighted by molar-refractivity contribution is 7.88. The highest BCUT2D eigenvalue weighted by Gasteiger charge is 2.18. The number of imidazole rings is 1. The summed E-state index contributed by atoms with van der Waals surface area (Å²) in [5.74, 6) is -0.697. The second-order valence-electron chi connectivity index (χ2n) is 5.59. The Morgan fingerprint density at radius 1 is 1.44 bits per heavy atom. The van der Waals surface area contributed by atoms with Crippen LogP contribution >= 0.6 is 11.6 Å². The van der Waals surface area contributed by atoms with Crippen molar-refractivity contribution in [2.24, 2.45) is 0 Å². The molecule has 12 heteroatoms. The van der Waals surface area contributed by atoms with Crippen LogP contribution in [0.25, 0.3) is 11.2 Å². The fraction of sp³-hybridized carbons (Fsp3) is 0.133. The number of aromatic nitrogens is 3. The first-order valence-electron chi connectivity index (χ1n) is 7.47. The minimum atomic E-state index is -3.41. The number of pyridine rings is 1. The molecule has 9 nitrogen and oxygen atoms in total. The largest absolute Gasteiger partial charge is 0.339 e. The van der Waals surface area contributed by atoms with Crippen molar-refractivity contribution < 1.29 is 18.0 Å². The molecule has 2 heterocycles. The SMILES string of the molecule is CS(=O)(=O)NCc1nc2nccc(C(=N)N(O)c3ccc(F)c(Cl)c3)c2[nH]1. The molecule has 3 aromatic rings. The summed E-state index contributed by atoms with van der Waals surface area (Å²) in [4.78, 5) is 11.1. The lowest BCUT2D eigenvalue weighted by Gasteiger charge is -2.18. The zero-order valence-electron chi connectivity index (χ0n) is 13.9. The van der Waals surface area contributed by atoms with E-state index in [1.807, 2.05) is 0 Å². The van der Waals surface area contributed by atoms with E-state index < -0.39 is 15.8 Å². The summed E-state index contributed by atoms with van der Waals surface area (Å²) in [6.07, 6.45) is 2.42. The minimum Gasteiger partial charge on any atom is -0.339 e. The standard InChI is InChI=1S/C15H14ClFN6O3S/c1-27(25,26)20-7-12-21-13-9(4-5-19-15(13)22-12)14(18)23(24)8-2-3-11(17)10(16)6-8/h2-6,18,20,24H,7H2,1H3,(H,19,21,22). The van der Waals surface area contributed by atoms with E-state index in [2.05, 4.69) is 19.7 Å². The molecule has 1 aromatic carbocycles. The molecule has 0 saturated carbocycles. The number of hydroxylamine groups is 1. The van der Waals surface area contributed by atoms with E-state index in [0.717, 1.165) is 12.3 Å². The number of H-pyrrole nitrogens is 1. The predicted octanol–water partition coefficient (Wildman–Crippen LogP) is 2.02. The summed E-state index contributed by atoms with van der Waals surface area (Å²) >= 11 is 5.71. The average molecular weight is 413 g/mol. The van der Waals surface area contributed by atoms with Crippen LogP contribution < -0.4 is 9.79 Å². The normalized spacial score (nSPS) is 11.7. The van der Waals surface area contributed by atoms with Gasteiger partial charge in [0, 0.05) is 11.8 Å². The molecular formula is C15H14ClFN6O3S. The lowest BCUT2D eigenvalue weighted by molar-refractivity contribution is 0.312. The third-order valence-electron chi connectivity index (χ3n) is 3.56. The molecule has 0 fully saturated rings. The molecule has 0 aliphatic carbocycles. The van der Waals surface area contributed by atoms with Gasteiger partial charge in [-0.15, -0.1) is 0 Å². The minimum absolute atomic E-state index is 0.0849. The first kappa shape index (κ1) is 19.2. The van der Waals surface area contributed by atoms with Crippen LogP contribution in [0.4, 0.5) is 10.1 Å². The van der Waals surface area contributed by atoms with Gasteiger partial charge < -0.3 is 4.98 Å². The van der Waals surface area contributed by atoms with Gasteiger partial charge in [0.2, 0.25) is 10.0 Å². The number of aromatic amines is 1. The Morgan fingerprint density at radius 2 is 2.19 bits per heavy atom. The first-order chi connectivity index (χ1) is 12.7. The summed E-state index contributed by atoms with van der Waals surface area (Å²) in [5.41, 5.74) is 0.920. The van der Waals surface area contributed by atoms with Crippen LogP contribution in [0.3, 0.4) is 0 Å². The molecule has 142 valence electrons. The average Bonchev–Trinajstić information content (AvgIpc) is 3.03. The summed E-state index contributed by atoms with van der Waals surface area (Å²) in [6.45, 7) is -0.0849. The van der Waals surface area contributed by atoms with Gasteiger partial charge in [0.05, 0.1) is 29.0 Å². The molecular weight excluding hydrogens is 399 g/mol. The quantitative estimate of drug-likeness (QED) is 0.287. The molecule has 0 aliphatic rings. The van der Waals surface area contributed by atoms with Crippen molar-refractivity contribution in [1.82, 2.24) is 19.7 Å². The van der Waals surface area contributed by atoms with Crippen LogP contribution in [0.15, 0.2) is 30.5 Å². The van der Waals surface area contributed by atoms with E-state index in [1.54, 1.807) is 0 Å². The van der Waals surface area contributed by atoms with Crippen molar-refractivity contribution >= 4 is 44.3 Å². The number of nitrogens with one attached hydrogen (secondary N) is 3. The van der Waals surface area contributed by atoms with Gasteiger partial charge in [-0.25, -0.2) is 32.6 Å². The summed E-state index contributed by atoms with van der Waals surface area (Å²) in [7, 11) is -3.41. The summed E-state index contributed by atoms with van der Waals surface area (Å²) in [5, 5.41) is 18.9. The van der Waals surface area contributed by atoms with Crippen molar-refractivity contribution in [2.45, 2.75) is 6.54 Å². The molecule has 0 spiro atoms. The Kier molecular flexibility index (Phi) is 5.11. The molecule has 27 heavy (non-hydrogen) atoms. The molecule has 0 amide bonds.